The van der Waals surface area contributed by atoms with E-state index in [1.54, 1.807) is 6.92 Å². The number of hydrogen-bond donors (Lipinski definition) is 1. The minimum absolute atomic E-state index is 0.139. The average Bonchev–Trinajstić information content (AvgIpc) is 2.65. The highest BCUT2D eigenvalue weighted by atomic mass is 32.2. The standard InChI is InChI=1S/C14H29NO6SSi/c1-7-13(22(17,18)19)15-11(8-9-12(15)16)10-20-23(5,6)21-14(2,3)4/h11,13H,7-10H2,1-6H3,(H,17,18,19)/t11-,13?/m1/s1. The highest BCUT2D eigenvalue weighted by Gasteiger charge is 2.42. The van der Waals surface area contributed by atoms with Gasteiger partial charge in [0.15, 0.2) is 5.37 Å². The SMILES string of the molecule is CCC(N1C(=O)CC[C@@H]1CO[Si](C)(C)OC(C)(C)C)S(=O)(=O)O. The second-order valence-electron chi connectivity index (χ2n) is 7.30. The third-order valence-corrected chi connectivity index (χ3v) is 6.77. The minimum atomic E-state index is -4.32. The van der Waals surface area contributed by atoms with Crippen LogP contribution in [0.5, 0.6) is 0 Å². The van der Waals surface area contributed by atoms with E-state index in [9.17, 15) is 17.8 Å². The monoisotopic (exact) mass is 367 g/mol. The van der Waals surface area contributed by atoms with Crippen molar-refractivity contribution in [3.8, 4) is 0 Å². The van der Waals surface area contributed by atoms with Crippen molar-refractivity contribution in [2.45, 2.75) is 77.1 Å². The zero-order chi connectivity index (χ0) is 18.1. The first-order chi connectivity index (χ1) is 10.3. The molecule has 23 heavy (non-hydrogen) atoms. The lowest BCUT2D eigenvalue weighted by Gasteiger charge is -2.35. The molecule has 0 spiro atoms. The first-order valence-corrected chi connectivity index (χ1v) is 12.2. The van der Waals surface area contributed by atoms with E-state index in [2.05, 4.69) is 0 Å². The number of carbonyl (C=O) groups is 1. The van der Waals surface area contributed by atoms with E-state index in [0.29, 0.717) is 6.42 Å². The Morgan fingerprint density at radius 3 is 2.39 bits per heavy atom. The maximum Gasteiger partial charge on any atom is 0.332 e. The van der Waals surface area contributed by atoms with Gasteiger partial charge in [0.2, 0.25) is 5.91 Å². The largest absolute Gasteiger partial charge is 0.392 e. The van der Waals surface area contributed by atoms with Gasteiger partial charge in [0, 0.05) is 6.42 Å². The van der Waals surface area contributed by atoms with Crippen molar-refractivity contribution < 1.29 is 26.6 Å². The Kier molecular flexibility index (Phi) is 6.42. The van der Waals surface area contributed by atoms with E-state index in [1.807, 2.05) is 33.9 Å². The molecule has 1 fully saturated rings. The molecule has 0 aliphatic carbocycles. The Balaban J connectivity index is 2.81. The van der Waals surface area contributed by atoms with Crippen LogP contribution < -0.4 is 0 Å². The molecular weight excluding hydrogens is 338 g/mol. The summed E-state index contributed by atoms with van der Waals surface area (Å²) in [6.07, 6.45) is 0.924. The van der Waals surface area contributed by atoms with Crippen LogP contribution >= 0.6 is 0 Å². The van der Waals surface area contributed by atoms with Crippen molar-refractivity contribution in [1.29, 1.82) is 0 Å². The highest BCUT2D eigenvalue weighted by Crippen LogP contribution is 2.27. The van der Waals surface area contributed by atoms with Crippen molar-refractivity contribution in [1.82, 2.24) is 4.90 Å². The van der Waals surface area contributed by atoms with Crippen LogP contribution in [0.4, 0.5) is 0 Å². The van der Waals surface area contributed by atoms with Gasteiger partial charge in [0.1, 0.15) is 0 Å². The van der Waals surface area contributed by atoms with E-state index >= 15 is 0 Å². The molecule has 0 aromatic heterocycles. The molecule has 136 valence electrons. The zero-order valence-corrected chi connectivity index (χ0v) is 16.6. The molecule has 1 unspecified atom stereocenters. The Hall–Kier alpha value is -0.483. The first kappa shape index (κ1) is 20.6. The quantitative estimate of drug-likeness (QED) is 0.547. The maximum absolute atomic E-state index is 12.1. The summed E-state index contributed by atoms with van der Waals surface area (Å²) in [6, 6.07) is -0.357. The van der Waals surface area contributed by atoms with Gasteiger partial charge in [-0.3, -0.25) is 9.35 Å². The molecule has 1 heterocycles. The van der Waals surface area contributed by atoms with Gasteiger partial charge in [-0.2, -0.15) is 8.42 Å². The molecule has 0 bridgehead atoms. The number of nitrogens with zero attached hydrogens (tertiary/aromatic N) is 1. The fraction of sp³-hybridized carbons (Fsp3) is 0.929. The first-order valence-electron chi connectivity index (χ1n) is 7.88. The van der Waals surface area contributed by atoms with Gasteiger partial charge in [-0.05, 0) is 46.7 Å². The van der Waals surface area contributed by atoms with Gasteiger partial charge in [0.05, 0.1) is 18.2 Å². The van der Waals surface area contributed by atoms with E-state index in [1.165, 1.54) is 4.90 Å². The summed E-state index contributed by atoms with van der Waals surface area (Å²) in [4.78, 5) is 13.3. The molecule has 0 radical (unpaired) electrons. The topological polar surface area (TPSA) is 93.1 Å². The average molecular weight is 368 g/mol. The van der Waals surface area contributed by atoms with Crippen LogP contribution in [-0.4, -0.2) is 56.0 Å². The molecule has 1 saturated heterocycles. The molecule has 2 atom stereocenters. The van der Waals surface area contributed by atoms with Gasteiger partial charge >= 0.3 is 8.56 Å². The fourth-order valence-corrected chi connectivity index (χ4v) is 6.06. The lowest BCUT2D eigenvalue weighted by molar-refractivity contribution is -0.130. The second-order valence-corrected chi connectivity index (χ2v) is 12.2. The van der Waals surface area contributed by atoms with Crippen LogP contribution in [0, 0.1) is 0 Å². The summed E-state index contributed by atoms with van der Waals surface area (Å²) in [5.41, 5.74) is -0.332. The van der Waals surface area contributed by atoms with E-state index < -0.39 is 24.1 Å². The minimum Gasteiger partial charge on any atom is -0.392 e. The van der Waals surface area contributed by atoms with Gasteiger partial charge < -0.3 is 13.8 Å². The third-order valence-electron chi connectivity index (χ3n) is 3.55. The summed E-state index contributed by atoms with van der Waals surface area (Å²) in [7, 11) is -6.72. The molecule has 1 rings (SSSR count). The van der Waals surface area contributed by atoms with Crippen LogP contribution in [0.1, 0.15) is 47.0 Å². The third kappa shape index (κ3) is 6.15. The Morgan fingerprint density at radius 1 is 1.39 bits per heavy atom. The molecule has 1 aliphatic rings. The predicted octanol–water partition coefficient (Wildman–Crippen LogP) is 2.13. The lowest BCUT2D eigenvalue weighted by Crippen LogP contribution is -2.50. The molecule has 0 aromatic rings. The summed E-state index contributed by atoms with van der Waals surface area (Å²) in [5, 5.41) is -1.21. The normalized spacial score (nSPS) is 21.8. The van der Waals surface area contributed by atoms with Crippen molar-refractivity contribution >= 4 is 24.6 Å². The van der Waals surface area contributed by atoms with Crippen LogP contribution in [-0.2, 0) is 23.8 Å². The lowest BCUT2D eigenvalue weighted by atomic mass is 10.2. The van der Waals surface area contributed by atoms with E-state index in [4.69, 9.17) is 8.85 Å². The van der Waals surface area contributed by atoms with Crippen molar-refractivity contribution in [3.63, 3.8) is 0 Å². The number of likely N-dealkylation sites (tertiary alicyclic amines) is 1. The summed E-state index contributed by atoms with van der Waals surface area (Å²) < 4.78 is 44.3. The summed E-state index contributed by atoms with van der Waals surface area (Å²) in [5.74, 6) is -0.265. The Labute approximate surface area is 140 Å². The molecule has 9 heteroatoms. The van der Waals surface area contributed by atoms with Gasteiger partial charge in [-0.25, -0.2) is 0 Å². The van der Waals surface area contributed by atoms with Crippen LogP contribution in [0.3, 0.4) is 0 Å². The summed E-state index contributed by atoms with van der Waals surface area (Å²) in [6.45, 7) is 11.5. The predicted molar refractivity (Wildman–Crippen MR) is 89.8 cm³/mol. The van der Waals surface area contributed by atoms with Crippen LogP contribution in [0.15, 0.2) is 0 Å². The smallest absolute Gasteiger partial charge is 0.332 e. The number of hydrogen-bond acceptors (Lipinski definition) is 5. The van der Waals surface area contributed by atoms with Crippen LogP contribution in [0.25, 0.3) is 0 Å². The number of carbonyl (C=O) groups excluding carboxylic acids is 1. The van der Waals surface area contributed by atoms with E-state index in [-0.39, 0.29) is 37.0 Å². The number of rotatable bonds is 7. The van der Waals surface area contributed by atoms with E-state index in [0.717, 1.165) is 0 Å². The molecule has 1 N–H and O–H groups in total. The van der Waals surface area contributed by atoms with Gasteiger partial charge in [0.25, 0.3) is 10.1 Å². The van der Waals surface area contributed by atoms with Crippen molar-refractivity contribution in [2.24, 2.45) is 0 Å². The van der Waals surface area contributed by atoms with Gasteiger partial charge in [-0.1, -0.05) is 6.92 Å². The Morgan fingerprint density at radius 2 is 1.96 bits per heavy atom. The zero-order valence-electron chi connectivity index (χ0n) is 14.8. The Bertz CT molecular complexity index is 528. The molecule has 0 saturated carbocycles. The maximum atomic E-state index is 12.1. The molecule has 1 amide bonds. The van der Waals surface area contributed by atoms with Crippen molar-refractivity contribution in [2.75, 3.05) is 6.61 Å². The molecule has 0 aromatic carbocycles. The molecule has 1 aliphatic heterocycles. The summed E-state index contributed by atoms with van der Waals surface area (Å²) >= 11 is 0. The molecular formula is C14H29NO6SSi. The van der Waals surface area contributed by atoms with Gasteiger partial charge in [-0.15, -0.1) is 0 Å². The van der Waals surface area contributed by atoms with Crippen LogP contribution in [0.2, 0.25) is 13.1 Å². The second kappa shape index (κ2) is 7.18. The van der Waals surface area contributed by atoms with Crippen molar-refractivity contribution in [3.05, 3.63) is 0 Å². The number of amides is 1. The molecule has 7 nitrogen and oxygen atoms in total. The highest BCUT2D eigenvalue weighted by molar-refractivity contribution is 7.86. The fourth-order valence-electron chi connectivity index (χ4n) is 2.94.